The second-order valence-electron chi connectivity index (χ2n) is 5.94. The van der Waals surface area contributed by atoms with E-state index < -0.39 is 10.0 Å². The number of alkyl halides is 1. The molecule has 144 valence electrons. The molecule has 0 bridgehead atoms. The number of carbonyl (C=O) groups excluding carboxylic acids is 1. The molecule has 1 amide bonds. The number of fused-ring (bicyclic) bond motifs is 1. The number of amides is 1. The summed E-state index contributed by atoms with van der Waals surface area (Å²) in [6.07, 6.45) is 3.58. The van der Waals surface area contributed by atoms with Crippen LogP contribution in [0.5, 0.6) is 0 Å². The predicted octanol–water partition coefficient (Wildman–Crippen LogP) is 4.22. The zero-order chi connectivity index (χ0) is 19.2. The van der Waals surface area contributed by atoms with Crippen molar-refractivity contribution >= 4 is 58.5 Å². The Hall–Kier alpha value is -1.03. The van der Waals surface area contributed by atoms with Gasteiger partial charge in [0.2, 0.25) is 15.9 Å². The number of hydrogen-bond acceptors (Lipinski definition) is 5. The van der Waals surface area contributed by atoms with Gasteiger partial charge in [0.25, 0.3) is 0 Å². The molecule has 0 saturated heterocycles. The van der Waals surface area contributed by atoms with Crippen LogP contribution in [0.4, 0.5) is 5.13 Å². The summed E-state index contributed by atoms with van der Waals surface area (Å²) in [5.74, 6) is -0.192. The number of aromatic nitrogens is 1. The minimum atomic E-state index is -3.54. The summed E-state index contributed by atoms with van der Waals surface area (Å²) in [6, 6.07) is 4.94. The summed E-state index contributed by atoms with van der Waals surface area (Å²) in [5, 5.41) is 3.33. The van der Waals surface area contributed by atoms with Gasteiger partial charge in [0.1, 0.15) is 0 Å². The molecular weight excluding hydrogens is 438 g/mol. The summed E-state index contributed by atoms with van der Waals surface area (Å²) in [5.41, 5.74) is 0.674. The van der Waals surface area contributed by atoms with Gasteiger partial charge in [-0.3, -0.25) is 4.79 Å². The first-order chi connectivity index (χ1) is 12.4. The van der Waals surface area contributed by atoms with Crippen LogP contribution < -0.4 is 5.32 Å². The summed E-state index contributed by atoms with van der Waals surface area (Å²) < 4.78 is 28.4. The third-order valence-corrected chi connectivity index (χ3v) is 7.23. The van der Waals surface area contributed by atoms with Gasteiger partial charge in [-0.15, -0.1) is 0 Å². The fraction of sp³-hybridized carbons (Fsp3) is 0.529. The molecule has 0 saturated carbocycles. The number of unbranched alkanes of at least 4 members (excludes halogenated alkanes) is 2. The van der Waals surface area contributed by atoms with Gasteiger partial charge in [-0.05, 0) is 31.0 Å². The predicted molar refractivity (Wildman–Crippen MR) is 111 cm³/mol. The van der Waals surface area contributed by atoms with Crippen molar-refractivity contribution in [1.29, 1.82) is 0 Å². The monoisotopic (exact) mass is 461 g/mol. The molecule has 0 atom stereocenters. The standard InChI is InChI=1S/C17H24BrN3O3S2/c1-3-5-9-21(10-6-4-2)26(23,24)13-7-8-14-15(11-13)25-17(19-14)20-16(22)12-18/h7-8,11H,3-6,9-10,12H2,1-2H3,(H,19,20,22). The van der Waals surface area contributed by atoms with Crippen LogP contribution in [0.3, 0.4) is 0 Å². The Morgan fingerprint density at radius 2 is 1.88 bits per heavy atom. The molecule has 1 heterocycles. The first-order valence-corrected chi connectivity index (χ1v) is 12.1. The Morgan fingerprint density at radius 3 is 2.46 bits per heavy atom. The van der Waals surface area contributed by atoms with Gasteiger partial charge in [0, 0.05) is 13.1 Å². The van der Waals surface area contributed by atoms with Gasteiger partial charge in [-0.2, -0.15) is 4.31 Å². The highest BCUT2D eigenvalue weighted by molar-refractivity contribution is 9.09. The summed E-state index contributed by atoms with van der Waals surface area (Å²) >= 11 is 4.36. The average molecular weight is 462 g/mol. The lowest BCUT2D eigenvalue weighted by atomic mass is 10.3. The number of rotatable bonds is 10. The molecule has 1 aromatic heterocycles. The molecule has 9 heteroatoms. The minimum absolute atomic E-state index is 0.187. The molecule has 2 rings (SSSR count). The van der Waals surface area contributed by atoms with Gasteiger partial charge in [0.15, 0.2) is 5.13 Å². The van der Waals surface area contributed by atoms with E-state index in [2.05, 4.69) is 40.1 Å². The van der Waals surface area contributed by atoms with Crippen molar-refractivity contribution in [2.45, 2.75) is 44.4 Å². The van der Waals surface area contributed by atoms with Crippen LogP contribution in [-0.4, -0.2) is 42.0 Å². The van der Waals surface area contributed by atoms with Crippen LogP contribution in [0, 0.1) is 0 Å². The highest BCUT2D eigenvalue weighted by Crippen LogP contribution is 2.29. The molecule has 1 aromatic carbocycles. The van der Waals surface area contributed by atoms with Crippen LogP contribution >= 0.6 is 27.3 Å². The Labute approximate surface area is 167 Å². The highest BCUT2D eigenvalue weighted by atomic mass is 79.9. The third-order valence-electron chi connectivity index (χ3n) is 3.89. The number of sulfonamides is 1. The number of anilines is 1. The number of carbonyl (C=O) groups is 1. The molecule has 0 aliphatic heterocycles. The van der Waals surface area contributed by atoms with Crippen LogP contribution in [-0.2, 0) is 14.8 Å². The van der Waals surface area contributed by atoms with Crippen molar-refractivity contribution in [3.8, 4) is 0 Å². The van der Waals surface area contributed by atoms with E-state index >= 15 is 0 Å². The number of nitrogens with one attached hydrogen (secondary N) is 1. The lowest BCUT2D eigenvalue weighted by Gasteiger charge is -2.21. The molecule has 0 unspecified atom stereocenters. The molecule has 0 spiro atoms. The van der Waals surface area contributed by atoms with E-state index in [-0.39, 0.29) is 16.1 Å². The van der Waals surface area contributed by atoms with E-state index in [0.717, 1.165) is 30.4 Å². The third kappa shape index (κ3) is 5.25. The Morgan fingerprint density at radius 1 is 1.23 bits per heavy atom. The number of thiazole rings is 1. The van der Waals surface area contributed by atoms with E-state index in [0.29, 0.717) is 23.7 Å². The van der Waals surface area contributed by atoms with Gasteiger partial charge in [0.05, 0.1) is 20.4 Å². The summed E-state index contributed by atoms with van der Waals surface area (Å²) in [7, 11) is -3.54. The van der Waals surface area contributed by atoms with Crippen molar-refractivity contribution in [3.63, 3.8) is 0 Å². The Balaban J connectivity index is 2.31. The van der Waals surface area contributed by atoms with E-state index in [1.807, 2.05) is 0 Å². The van der Waals surface area contributed by atoms with Gasteiger partial charge in [-0.25, -0.2) is 13.4 Å². The highest BCUT2D eigenvalue weighted by Gasteiger charge is 2.24. The van der Waals surface area contributed by atoms with E-state index in [1.165, 1.54) is 11.3 Å². The van der Waals surface area contributed by atoms with E-state index in [1.54, 1.807) is 22.5 Å². The molecule has 0 aliphatic rings. The molecular formula is C17H24BrN3O3S2. The van der Waals surface area contributed by atoms with Crippen LogP contribution in [0.15, 0.2) is 23.1 Å². The van der Waals surface area contributed by atoms with Gasteiger partial charge >= 0.3 is 0 Å². The summed E-state index contributed by atoms with van der Waals surface area (Å²) in [6.45, 7) is 5.17. The molecule has 0 radical (unpaired) electrons. The quantitative estimate of drug-likeness (QED) is 0.537. The second-order valence-corrected chi connectivity index (χ2v) is 9.47. The lowest BCUT2D eigenvalue weighted by molar-refractivity contribution is -0.113. The average Bonchev–Trinajstić information content (AvgIpc) is 3.02. The van der Waals surface area contributed by atoms with Crippen molar-refractivity contribution in [2.75, 3.05) is 23.7 Å². The smallest absolute Gasteiger partial charge is 0.243 e. The zero-order valence-electron chi connectivity index (χ0n) is 15.0. The Bertz CT molecular complexity index is 844. The van der Waals surface area contributed by atoms with Crippen molar-refractivity contribution in [1.82, 2.24) is 9.29 Å². The van der Waals surface area contributed by atoms with Gasteiger partial charge in [-0.1, -0.05) is 54.0 Å². The van der Waals surface area contributed by atoms with Crippen LogP contribution in [0.25, 0.3) is 10.2 Å². The molecule has 1 N–H and O–H groups in total. The maximum absolute atomic E-state index is 13.1. The maximum atomic E-state index is 13.1. The van der Waals surface area contributed by atoms with E-state index in [9.17, 15) is 13.2 Å². The van der Waals surface area contributed by atoms with Crippen LogP contribution in [0.2, 0.25) is 0 Å². The largest absolute Gasteiger partial charge is 0.301 e. The molecule has 0 fully saturated rings. The zero-order valence-corrected chi connectivity index (χ0v) is 18.2. The Kier molecular flexibility index (Phi) is 8.00. The number of nitrogens with zero attached hydrogens (tertiary/aromatic N) is 2. The fourth-order valence-corrected chi connectivity index (χ4v) is 5.12. The van der Waals surface area contributed by atoms with Crippen molar-refractivity contribution in [3.05, 3.63) is 18.2 Å². The number of halogens is 1. The lowest BCUT2D eigenvalue weighted by Crippen LogP contribution is -2.33. The van der Waals surface area contributed by atoms with Gasteiger partial charge < -0.3 is 5.32 Å². The number of hydrogen-bond donors (Lipinski definition) is 1. The number of benzene rings is 1. The SMILES string of the molecule is CCCCN(CCCC)S(=O)(=O)c1ccc2nc(NC(=O)CBr)sc2c1. The molecule has 0 aliphatic carbocycles. The topological polar surface area (TPSA) is 79.4 Å². The summed E-state index contributed by atoms with van der Waals surface area (Å²) in [4.78, 5) is 16.1. The normalized spacial score (nSPS) is 12.0. The minimum Gasteiger partial charge on any atom is -0.301 e. The maximum Gasteiger partial charge on any atom is 0.243 e. The first-order valence-electron chi connectivity index (χ1n) is 8.69. The second kappa shape index (κ2) is 9.77. The van der Waals surface area contributed by atoms with Crippen molar-refractivity contribution in [2.24, 2.45) is 0 Å². The molecule has 2 aromatic rings. The van der Waals surface area contributed by atoms with Crippen LogP contribution in [0.1, 0.15) is 39.5 Å². The molecule has 26 heavy (non-hydrogen) atoms. The van der Waals surface area contributed by atoms with Crippen molar-refractivity contribution < 1.29 is 13.2 Å². The fourth-order valence-electron chi connectivity index (χ4n) is 2.44. The van der Waals surface area contributed by atoms with E-state index in [4.69, 9.17) is 0 Å². The molecule has 6 nitrogen and oxygen atoms in total. The first kappa shape index (κ1) is 21.3.